The SMILES string of the molecule is CC(=O)c1ccc(S(=O)(=O)N2CCc3c(c(-c4nc(-c5ccccc5)no4)nn3C)C2)cc1. The highest BCUT2D eigenvalue weighted by Gasteiger charge is 2.33. The fraction of sp³-hybridized carbons (Fsp3) is 0.217. The molecule has 5 rings (SSSR count). The second-order valence-corrected chi connectivity index (χ2v) is 9.79. The van der Waals surface area contributed by atoms with Crippen molar-refractivity contribution in [2.45, 2.75) is 24.8 Å². The van der Waals surface area contributed by atoms with E-state index in [1.54, 1.807) is 4.68 Å². The Hall–Kier alpha value is -3.63. The lowest BCUT2D eigenvalue weighted by Gasteiger charge is -2.26. The topological polar surface area (TPSA) is 111 Å². The lowest BCUT2D eigenvalue weighted by molar-refractivity contribution is 0.101. The van der Waals surface area contributed by atoms with Crippen molar-refractivity contribution < 1.29 is 17.7 Å². The van der Waals surface area contributed by atoms with E-state index in [0.717, 1.165) is 16.8 Å². The molecule has 2 aromatic heterocycles. The van der Waals surface area contributed by atoms with Crippen LogP contribution in [0.3, 0.4) is 0 Å². The van der Waals surface area contributed by atoms with Crippen molar-refractivity contribution in [1.82, 2.24) is 24.2 Å². The van der Waals surface area contributed by atoms with Gasteiger partial charge in [-0.25, -0.2) is 8.42 Å². The van der Waals surface area contributed by atoms with Gasteiger partial charge in [0.25, 0.3) is 5.89 Å². The fourth-order valence-electron chi connectivity index (χ4n) is 3.98. The number of Topliss-reactive ketones (excluding diaryl/α,β-unsaturated/α-hetero) is 1. The highest BCUT2D eigenvalue weighted by Crippen LogP contribution is 2.32. The molecular formula is C23H21N5O4S. The maximum absolute atomic E-state index is 13.3. The molecule has 168 valence electrons. The molecule has 0 aliphatic carbocycles. The van der Waals surface area contributed by atoms with E-state index in [2.05, 4.69) is 15.2 Å². The van der Waals surface area contributed by atoms with Crippen LogP contribution in [0.4, 0.5) is 0 Å². The Morgan fingerprint density at radius 3 is 2.48 bits per heavy atom. The van der Waals surface area contributed by atoms with Gasteiger partial charge in [0.05, 0.1) is 4.90 Å². The Labute approximate surface area is 190 Å². The van der Waals surface area contributed by atoms with E-state index in [-0.39, 0.29) is 23.1 Å². The first-order chi connectivity index (χ1) is 15.8. The molecule has 0 saturated heterocycles. The van der Waals surface area contributed by atoms with E-state index in [4.69, 9.17) is 4.52 Å². The molecule has 0 fully saturated rings. The van der Waals surface area contributed by atoms with E-state index < -0.39 is 10.0 Å². The molecule has 3 heterocycles. The molecular weight excluding hydrogens is 442 g/mol. The van der Waals surface area contributed by atoms with Crippen LogP contribution in [-0.4, -0.2) is 45.0 Å². The smallest absolute Gasteiger partial charge is 0.279 e. The number of hydrogen-bond donors (Lipinski definition) is 0. The van der Waals surface area contributed by atoms with Crippen molar-refractivity contribution >= 4 is 15.8 Å². The van der Waals surface area contributed by atoms with Gasteiger partial charge in [-0.2, -0.15) is 14.4 Å². The Balaban J connectivity index is 1.47. The summed E-state index contributed by atoms with van der Waals surface area (Å²) in [6, 6.07) is 15.4. The number of ketones is 1. The molecule has 33 heavy (non-hydrogen) atoms. The minimum absolute atomic E-state index is 0.115. The summed E-state index contributed by atoms with van der Waals surface area (Å²) in [5, 5.41) is 8.62. The molecule has 1 aliphatic rings. The van der Waals surface area contributed by atoms with Crippen LogP contribution in [0, 0.1) is 0 Å². The molecule has 0 spiro atoms. The zero-order chi connectivity index (χ0) is 23.2. The predicted octanol–water partition coefficient (Wildman–Crippen LogP) is 3.09. The number of rotatable bonds is 5. The van der Waals surface area contributed by atoms with E-state index in [9.17, 15) is 13.2 Å². The van der Waals surface area contributed by atoms with Gasteiger partial charge in [-0.15, -0.1) is 0 Å². The van der Waals surface area contributed by atoms with Crippen LogP contribution in [0.25, 0.3) is 23.0 Å². The summed E-state index contributed by atoms with van der Waals surface area (Å²) >= 11 is 0. The highest BCUT2D eigenvalue weighted by molar-refractivity contribution is 7.89. The number of hydrogen-bond acceptors (Lipinski definition) is 7. The summed E-state index contributed by atoms with van der Waals surface area (Å²) < 4.78 is 35.2. The van der Waals surface area contributed by atoms with Gasteiger partial charge in [0.1, 0.15) is 0 Å². The van der Waals surface area contributed by atoms with Gasteiger partial charge in [0.2, 0.25) is 15.8 Å². The van der Waals surface area contributed by atoms with Crippen molar-refractivity contribution in [3.8, 4) is 23.0 Å². The number of carbonyl (C=O) groups is 1. The third-order valence-corrected chi connectivity index (χ3v) is 7.63. The Morgan fingerprint density at radius 1 is 1.06 bits per heavy atom. The summed E-state index contributed by atoms with van der Waals surface area (Å²) in [5.41, 5.74) is 3.44. The first-order valence-electron chi connectivity index (χ1n) is 10.4. The maximum atomic E-state index is 13.3. The van der Waals surface area contributed by atoms with E-state index in [1.165, 1.54) is 35.5 Å². The molecule has 0 radical (unpaired) electrons. The Morgan fingerprint density at radius 2 is 1.79 bits per heavy atom. The minimum Gasteiger partial charge on any atom is -0.332 e. The number of carbonyl (C=O) groups excluding carboxylic acids is 1. The molecule has 1 aliphatic heterocycles. The number of aryl methyl sites for hydroxylation is 1. The summed E-state index contributed by atoms with van der Waals surface area (Å²) in [4.78, 5) is 16.2. The zero-order valence-electron chi connectivity index (χ0n) is 18.1. The molecule has 9 nitrogen and oxygen atoms in total. The molecule has 0 saturated carbocycles. The molecule has 0 amide bonds. The van der Waals surface area contributed by atoms with Gasteiger partial charge >= 0.3 is 0 Å². The van der Waals surface area contributed by atoms with Crippen LogP contribution in [0.15, 0.2) is 64.0 Å². The van der Waals surface area contributed by atoms with Crippen molar-refractivity contribution in [3.05, 3.63) is 71.4 Å². The van der Waals surface area contributed by atoms with Crippen molar-refractivity contribution in [1.29, 1.82) is 0 Å². The van der Waals surface area contributed by atoms with Crippen molar-refractivity contribution in [2.24, 2.45) is 7.05 Å². The van der Waals surface area contributed by atoms with Crippen molar-refractivity contribution in [3.63, 3.8) is 0 Å². The standard InChI is InChI=1S/C23H21N5O4S/c1-15(29)16-8-10-18(11-9-16)33(30,31)28-13-12-20-19(14-28)21(25-27(20)2)23-24-22(26-32-23)17-6-4-3-5-7-17/h3-11H,12-14H2,1-2H3. The molecule has 0 bridgehead atoms. The van der Waals surface area contributed by atoms with E-state index >= 15 is 0 Å². The summed E-state index contributed by atoms with van der Waals surface area (Å²) in [6.45, 7) is 1.90. The van der Waals surface area contributed by atoms with Crippen LogP contribution in [0.2, 0.25) is 0 Å². The number of nitrogens with zero attached hydrogens (tertiary/aromatic N) is 5. The normalized spacial score (nSPS) is 14.2. The van der Waals surface area contributed by atoms with Crippen LogP contribution in [0.1, 0.15) is 28.5 Å². The number of benzene rings is 2. The third kappa shape index (κ3) is 3.77. The summed E-state index contributed by atoms with van der Waals surface area (Å²) in [7, 11) is -1.94. The average molecular weight is 464 g/mol. The molecule has 0 atom stereocenters. The largest absolute Gasteiger partial charge is 0.332 e. The van der Waals surface area contributed by atoms with E-state index in [0.29, 0.717) is 30.0 Å². The quantitative estimate of drug-likeness (QED) is 0.418. The second-order valence-electron chi connectivity index (χ2n) is 7.86. The molecule has 0 N–H and O–H groups in total. The zero-order valence-corrected chi connectivity index (χ0v) is 18.9. The lowest BCUT2D eigenvalue weighted by atomic mass is 10.1. The molecule has 0 unspecified atom stereocenters. The van der Waals surface area contributed by atoms with Gasteiger partial charge in [-0.1, -0.05) is 47.6 Å². The van der Waals surface area contributed by atoms with Crippen LogP contribution >= 0.6 is 0 Å². The number of sulfonamides is 1. The summed E-state index contributed by atoms with van der Waals surface area (Å²) in [5.74, 6) is 0.572. The van der Waals surface area contributed by atoms with Crippen LogP contribution in [0.5, 0.6) is 0 Å². The third-order valence-electron chi connectivity index (χ3n) is 5.77. The number of aromatic nitrogens is 4. The molecule has 10 heteroatoms. The lowest BCUT2D eigenvalue weighted by Crippen LogP contribution is -2.36. The first-order valence-corrected chi connectivity index (χ1v) is 11.8. The van der Waals surface area contributed by atoms with Gasteiger partial charge in [0, 0.05) is 48.9 Å². The van der Waals surface area contributed by atoms with Gasteiger partial charge in [0.15, 0.2) is 11.5 Å². The van der Waals surface area contributed by atoms with Gasteiger partial charge < -0.3 is 4.52 Å². The van der Waals surface area contributed by atoms with Crippen molar-refractivity contribution in [2.75, 3.05) is 6.54 Å². The Kier molecular flexibility index (Phi) is 5.18. The van der Waals surface area contributed by atoms with Crippen LogP contribution in [-0.2, 0) is 30.0 Å². The monoisotopic (exact) mass is 463 g/mol. The molecule has 2 aromatic carbocycles. The highest BCUT2D eigenvalue weighted by atomic mass is 32.2. The number of fused-ring (bicyclic) bond motifs is 1. The van der Waals surface area contributed by atoms with E-state index in [1.807, 2.05) is 37.4 Å². The van der Waals surface area contributed by atoms with Gasteiger partial charge in [-0.05, 0) is 19.1 Å². The minimum atomic E-state index is -3.76. The Bertz CT molecular complexity index is 1440. The first kappa shape index (κ1) is 21.2. The predicted molar refractivity (Wildman–Crippen MR) is 120 cm³/mol. The second kappa shape index (κ2) is 8.05. The fourth-order valence-corrected chi connectivity index (χ4v) is 5.39. The summed E-state index contributed by atoms with van der Waals surface area (Å²) in [6.07, 6.45) is 0.503. The van der Waals surface area contributed by atoms with Gasteiger partial charge in [-0.3, -0.25) is 9.48 Å². The molecule has 4 aromatic rings. The van der Waals surface area contributed by atoms with Crippen LogP contribution < -0.4 is 0 Å². The maximum Gasteiger partial charge on any atom is 0.279 e. The average Bonchev–Trinajstić information content (AvgIpc) is 3.44.